The van der Waals surface area contributed by atoms with Gasteiger partial charge in [0.05, 0.1) is 5.69 Å². The van der Waals surface area contributed by atoms with Crippen LogP contribution in [0.2, 0.25) is 0 Å². The van der Waals surface area contributed by atoms with E-state index < -0.39 is 0 Å². The molecule has 3 aromatic rings. The molecule has 0 fully saturated rings. The number of hydrogen-bond donors (Lipinski definition) is 1. The van der Waals surface area contributed by atoms with Gasteiger partial charge in [-0.2, -0.15) is 0 Å². The standard InChI is InChI=1S/C16H12N2O/c19-16-6-2-3-13-14(16)4-1-5-15(13)18-11-12-7-9-17-10-8-12/h1-11,19H. The number of benzene rings is 2. The van der Waals surface area contributed by atoms with Crippen molar-refractivity contribution in [2.45, 2.75) is 0 Å². The quantitative estimate of drug-likeness (QED) is 0.703. The Labute approximate surface area is 110 Å². The number of fused-ring (bicyclic) bond motifs is 1. The maximum absolute atomic E-state index is 9.82. The van der Waals surface area contributed by atoms with Crippen LogP contribution in [0.15, 0.2) is 65.9 Å². The Hall–Kier alpha value is -2.68. The maximum atomic E-state index is 9.82. The average molecular weight is 248 g/mol. The molecule has 19 heavy (non-hydrogen) atoms. The second-order valence-electron chi connectivity index (χ2n) is 4.19. The number of aromatic hydroxyl groups is 1. The van der Waals surface area contributed by atoms with Gasteiger partial charge in [0.1, 0.15) is 5.75 Å². The summed E-state index contributed by atoms with van der Waals surface area (Å²) in [6, 6.07) is 14.9. The number of aliphatic imine (C=N–C) groups is 1. The fraction of sp³-hybridized carbons (Fsp3) is 0. The summed E-state index contributed by atoms with van der Waals surface area (Å²) in [5, 5.41) is 11.6. The second-order valence-corrected chi connectivity index (χ2v) is 4.19. The summed E-state index contributed by atoms with van der Waals surface area (Å²) >= 11 is 0. The number of aromatic nitrogens is 1. The van der Waals surface area contributed by atoms with Crippen LogP contribution in [0.25, 0.3) is 10.8 Å². The number of rotatable bonds is 2. The van der Waals surface area contributed by atoms with Crippen LogP contribution in [0.4, 0.5) is 5.69 Å². The average Bonchev–Trinajstić information content (AvgIpc) is 2.47. The summed E-state index contributed by atoms with van der Waals surface area (Å²) in [7, 11) is 0. The van der Waals surface area contributed by atoms with Gasteiger partial charge in [-0.15, -0.1) is 0 Å². The van der Waals surface area contributed by atoms with Crippen molar-refractivity contribution in [1.82, 2.24) is 4.98 Å². The molecule has 3 heteroatoms. The Morgan fingerprint density at radius 3 is 2.47 bits per heavy atom. The van der Waals surface area contributed by atoms with Gasteiger partial charge in [-0.3, -0.25) is 9.98 Å². The van der Waals surface area contributed by atoms with Crippen molar-refractivity contribution in [3.63, 3.8) is 0 Å². The minimum atomic E-state index is 0.276. The minimum Gasteiger partial charge on any atom is -0.507 e. The Morgan fingerprint density at radius 2 is 1.63 bits per heavy atom. The molecule has 0 unspecified atom stereocenters. The minimum absolute atomic E-state index is 0.276. The van der Waals surface area contributed by atoms with Gasteiger partial charge in [-0.1, -0.05) is 24.3 Å². The fourth-order valence-corrected chi connectivity index (χ4v) is 1.98. The molecule has 0 saturated carbocycles. The van der Waals surface area contributed by atoms with E-state index in [1.807, 2.05) is 42.5 Å². The lowest BCUT2D eigenvalue weighted by molar-refractivity contribution is 0.481. The fourth-order valence-electron chi connectivity index (χ4n) is 1.98. The van der Waals surface area contributed by atoms with Gasteiger partial charge in [0, 0.05) is 29.4 Å². The number of pyridine rings is 1. The first-order valence-electron chi connectivity index (χ1n) is 5.99. The molecule has 2 aromatic carbocycles. The Balaban J connectivity index is 2.07. The van der Waals surface area contributed by atoms with Crippen LogP contribution in [0.1, 0.15) is 5.56 Å². The predicted octanol–water partition coefficient (Wildman–Crippen LogP) is 3.69. The van der Waals surface area contributed by atoms with Crippen molar-refractivity contribution in [3.05, 3.63) is 66.5 Å². The molecule has 0 bridgehead atoms. The first-order valence-corrected chi connectivity index (χ1v) is 5.99. The molecule has 0 aliphatic rings. The molecule has 1 aromatic heterocycles. The predicted molar refractivity (Wildman–Crippen MR) is 77.1 cm³/mol. The van der Waals surface area contributed by atoms with Gasteiger partial charge >= 0.3 is 0 Å². The highest BCUT2D eigenvalue weighted by molar-refractivity contribution is 5.98. The van der Waals surface area contributed by atoms with Crippen molar-refractivity contribution in [1.29, 1.82) is 0 Å². The van der Waals surface area contributed by atoms with E-state index in [0.29, 0.717) is 0 Å². The molecular weight excluding hydrogens is 236 g/mol. The van der Waals surface area contributed by atoms with E-state index in [1.165, 1.54) is 0 Å². The van der Waals surface area contributed by atoms with E-state index in [-0.39, 0.29) is 5.75 Å². The monoisotopic (exact) mass is 248 g/mol. The van der Waals surface area contributed by atoms with E-state index in [0.717, 1.165) is 22.0 Å². The summed E-state index contributed by atoms with van der Waals surface area (Å²) in [6.07, 6.45) is 5.26. The SMILES string of the molecule is Oc1cccc2c(N=Cc3ccncc3)cccc12. The third-order valence-electron chi connectivity index (χ3n) is 2.93. The van der Waals surface area contributed by atoms with Gasteiger partial charge in [-0.25, -0.2) is 0 Å². The molecule has 0 spiro atoms. The highest BCUT2D eigenvalue weighted by Crippen LogP contribution is 2.31. The first-order chi connectivity index (χ1) is 9.34. The van der Waals surface area contributed by atoms with Crippen molar-refractivity contribution in [3.8, 4) is 5.75 Å². The molecule has 0 amide bonds. The first kappa shape index (κ1) is 11.4. The number of phenolic OH excluding ortho intramolecular Hbond substituents is 1. The van der Waals surface area contributed by atoms with Gasteiger partial charge in [0.2, 0.25) is 0 Å². The summed E-state index contributed by atoms with van der Waals surface area (Å²) in [6.45, 7) is 0. The highest BCUT2D eigenvalue weighted by Gasteiger charge is 2.02. The van der Waals surface area contributed by atoms with Crippen LogP contribution in [0.3, 0.4) is 0 Å². The zero-order valence-corrected chi connectivity index (χ0v) is 10.2. The van der Waals surface area contributed by atoms with E-state index >= 15 is 0 Å². The molecule has 1 N–H and O–H groups in total. The van der Waals surface area contributed by atoms with E-state index in [2.05, 4.69) is 9.98 Å². The Morgan fingerprint density at radius 1 is 0.895 bits per heavy atom. The van der Waals surface area contributed by atoms with Crippen LogP contribution in [0, 0.1) is 0 Å². The van der Waals surface area contributed by atoms with Crippen LogP contribution >= 0.6 is 0 Å². The van der Waals surface area contributed by atoms with Crippen molar-refractivity contribution in [2.75, 3.05) is 0 Å². The molecule has 0 saturated heterocycles. The lowest BCUT2D eigenvalue weighted by atomic mass is 10.1. The lowest BCUT2D eigenvalue weighted by Gasteiger charge is -2.03. The van der Waals surface area contributed by atoms with E-state index in [9.17, 15) is 5.11 Å². The largest absolute Gasteiger partial charge is 0.507 e. The van der Waals surface area contributed by atoms with Crippen molar-refractivity contribution < 1.29 is 5.11 Å². The molecule has 1 heterocycles. The topological polar surface area (TPSA) is 45.5 Å². The molecule has 0 atom stereocenters. The van der Waals surface area contributed by atoms with Crippen molar-refractivity contribution in [2.24, 2.45) is 4.99 Å². The molecule has 3 nitrogen and oxygen atoms in total. The lowest BCUT2D eigenvalue weighted by Crippen LogP contribution is -1.81. The van der Waals surface area contributed by atoms with Crippen LogP contribution in [-0.4, -0.2) is 16.3 Å². The molecule has 0 radical (unpaired) electrons. The molecule has 0 aliphatic heterocycles. The second kappa shape index (κ2) is 4.90. The summed E-state index contributed by atoms with van der Waals surface area (Å²) in [5.41, 5.74) is 1.83. The van der Waals surface area contributed by atoms with Crippen LogP contribution in [0.5, 0.6) is 5.75 Å². The number of nitrogens with zero attached hydrogens (tertiary/aromatic N) is 2. The molecule has 92 valence electrons. The zero-order chi connectivity index (χ0) is 13.1. The smallest absolute Gasteiger partial charge is 0.123 e. The highest BCUT2D eigenvalue weighted by atomic mass is 16.3. The third-order valence-corrected chi connectivity index (χ3v) is 2.93. The molecular formula is C16H12N2O. The Bertz CT molecular complexity index is 736. The van der Waals surface area contributed by atoms with Crippen LogP contribution < -0.4 is 0 Å². The molecule has 0 aliphatic carbocycles. The van der Waals surface area contributed by atoms with Crippen molar-refractivity contribution >= 4 is 22.7 Å². The zero-order valence-electron chi connectivity index (χ0n) is 10.2. The summed E-state index contributed by atoms with van der Waals surface area (Å²) in [4.78, 5) is 8.45. The number of hydrogen-bond acceptors (Lipinski definition) is 3. The molecule has 3 rings (SSSR count). The van der Waals surface area contributed by atoms with Gasteiger partial charge < -0.3 is 5.11 Å². The Kier molecular flexibility index (Phi) is 2.94. The summed E-state index contributed by atoms with van der Waals surface area (Å²) < 4.78 is 0. The van der Waals surface area contributed by atoms with Gasteiger partial charge in [0.15, 0.2) is 0 Å². The van der Waals surface area contributed by atoms with E-state index in [1.54, 1.807) is 24.7 Å². The number of phenols is 1. The van der Waals surface area contributed by atoms with E-state index in [4.69, 9.17) is 0 Å². The summed E-state index contributed by atoms with van der Waals surface area (Å²) in [5.74, 6) is 0.276. The maximum Gasteiger partial charge on any atom is 0.123 e. The third kappa shape index (κ3) is 2.31. The van der Waals surface area contributed by atoms with Gasteiger partial charge in [0.25, 0.3) is 0 Å². The van der Waals surface area contributed by atoms with Crippen LogP contribution in [-0.2, 0) is 0 Å². The normalized spacial score (nSPS) is 11.2. The van der Waals surface area contributed by atoms with Gasteiger partial charge in [-0.05, 0) is 29.8 Å².